The fourth-order valence-corrected chi connectivity index (χ4v) is 2.59. The minimum Gasteiger partial charge on any atom is -0.461 e. The molecule has 1 N–H and O–H groups in total. The molecule has 3 heteroatoms. The second-order valence-electron chi connectivity index (χ2n) is 5.72. The van der Waals surface area contributed by atoms with E-state index in [1.165, 1.54) is 5.56 Å². The van der Waals surface area contributed by atoms with Gasteiger partial charge in [-0.3, -0.25) is 4.79 Å². The summed E-state index contributed by atoms with van der Waals surface area (Å²) in [4.78, 5) is 11.9. The summed E-state index contributed by atoms with van der Waals surface area (Å²) < 4.78 is 5.81. The number of amides is 1. The molecular formula is C21H21NO2. The highest BCUT2D eigenvalue weighted by atomic mass is 16.3. The Morgan fingerprint density at radius 3 is 2.29 bits per heavy atom. The molecule has 1 heterocycles. The summed E-state index contributed by atoms with van der Waals surface area (Å²) in [5.74, 6) is 1.74. The van der Waals surface area contributed by atoms with Crippen molar-refractivity contribution in [1.29, 1.82) is 0 Å². The molecule has 0 spiro atoms. The number of furan rings is 1. The summed E-state index contributed by atoms with van der Waals surface area (Å²) in [6.45, 7) is 0.663. The minimum absolute atomic E-state index is 0.0589. The number of benzene rings is 2. The number of nitrogens with one attached hydrogen (secondary N) is 1. The lowest BCUT2D eigenvalue weighted by Gasteiger charge is -2.04. The Morgan fingerprint density at radius 2 is 1.54 bits per heavy atom. The molecular weight excluding hydrogens is 298 g/mol. The minimum atomic E-state index is 0.0589. The Bertz CT molecular complexity index is 763. The molecule has 0 saturated carbocycles. The molecule has 3 rings (SSSR count). The van der Waals surface area contributed by atoms with Crippen LogP contribution in [0.15, 0.2) is 77.2 Å². The summed E-state index contributed by atoms with van der Waals surface area (Å²) in [6, 6.07) is 24.0. The molecule has 0 aliphatic carbocycles. The van der Waals surface area contributed by atoms with Crippen LogP contribution in [0.5, 0.6) is 0 Å². The van der Waals surface area contributed by atoms with Gasteiger partial charge in [-0.25, -0.2) is 0 Å². The van der Waals surface area contributed by atoms with E-state index < -0.39 is 0 Å². The monoisotopic (exact) mass is 319 g/mol. The normalized spacial score (nSPS) is 10.5. The maximum Gasteiger partial charge on any atom is 0.220 e. The van der Waals surface area contributed by atoms with Crippen molar-refractivity contribution in [1.82, 2.24) is 5.32 Å². The fourth-order valence-electron chi connectivity index (χ4n) is 2.59. The summed E-state index contributed by atoms with van der Waals surface area (Å²) >= 11 is 0. The van der Waals surface area contributed by atoms with E-state index in [0.29, 0.717) is 19.4 Å². The van der Waals surface area contributed by atoms with Crippen LogP contribution in [0.4, 0.5) is 0 Å². The largest absolute Gasteiger partial charge is 0.461 e. The number of hydrogen-bond acceptors (Lipinski definition) is 2. The quantitative estimate of drug-likeness (QED) is 0.708. The molecule has 0 bridgehead atoms. The molecule has 0 aliphatic rings. The van der Waals surface area contributed by atoms with Crippen LogP contribution in [0.3, 0.4) is 0 Å². The summed E-state index contributed by atoms with van der Waals surface area (Å²) in [5.41, 5.74) is 2.28. The first-order valence-electron chi connectivity index (χ1n) is 8.26. The van der Waals surface area contributed by atoms with Crippen LogP contribution in [0, 0.1) is 0 Å². The highest BCUT2D eigenvalue weighted by Crippen LogP contribution is 2.22. The maximum absolute atomic E-state index is 11.9. The topological polar surface area (TPSA) is 42.2 Å². The number of aryl methyl sites for hydroxylation is 1. The average molecular weight is 319 g/mol. The van der Waals surface area contributed by atoms with E-state index in [1.807, 2.05) is 60.7 Å². The van der Waals surface area contributed by atoms with Gasteiger partial charge in [-0.15, -0.1) is 0 Å². The Labute approximate surface area is 142 Å². The predicted octanol–water partition coefficient (Wildman–Crippen LogP) is 4.24. The van der Waals surface area contributed by atoms with Crippen LogP contribution in [0.2, 0.25) is 0 Å². The van der Waals surface area contributed by atoms with E-state index in [0.717, 1.165) is 23.5 Å². The lowest BCUT2D eigenvalue weighted by molar-refractivity contribution is -0.121. The van der Waals surface area contributed by atoms with E-state index in [-0.39, 0.29) is 5.91 Å². The van der Waals surface area contributed by atoms with Crippen LogP contribution in [0.1, 0.15) is 17.7 Å². The molecule has 0 aliphatic heterocycles. The molecule has 3 nitrogen and oxygen atoms in total. The van der Waals surface area contributed by atoms with Gasteiger partial charge < -0.3 is 9.73 Å². The van der Waals surface area contributed by atoms with E-state index in [4.69, 9.17) is 4.42 Å². The van der Waals surface area contributed by atoms with Gasteiger partial charge in [0.1, 0.15) is 11.5 Å². The van der Waals surface area contributed by atoms with E-state index in [2.05, 4.69) is 17.4 Å². The van der Waals surface area contributed by atoms with Gasteiger partial charge in [-0.2, -0.15) is 0 Å². The third kappa shape index (κ3) is 4.59. The molecule has 0 unspecified atom stereocenters. The van der Waals surface area contributed by atoms with Crippen molar-refractivity contribution >= 4 is 5.91 Å². The first-order valence-corrected chi connectivity index (χ1v) is 8.26. The van der Waals surface area contributed by atoms with Crippen molar-refractivity contribution in [2.45, 2.75) is 19.3 Å². The van der Waals surface area contributed by atoms with E-state index in [9.17, 15) is 4.79 Å². The van der Waals surface area contributed by atoms with Crippen LogP contribution in [0.25, 0.3) is 11.3 Å². The van der Waals surface area contributed by atoms with Crippen LogP contribution in [-0.4, -0.2) is 12.5 Å². The molecule has 1 aromatic heterocycles. The van der Waals surface area contributed by atoms with Gasteiger partial charge in [0.05, 0.1) is 0 Å². The second kappa shape index (κ2) is 8.16. The van der Waals surface area contributed by atoms with Gasteiger partial charge in [0.2, 0.25) is 5.91 Å². The Hall–Kier alpha value is -2.81. The summed E-state index contributed by atoms with van der Waals surface area (Å²) in [7, 11) is 0. The van der Waals surface area contributed by atoms with Crippen molar-refractivity contribution in [2.24, 2.45) is 0 Å². The van der Waals surface area contributed by atoms with Crippen LogP contribution in [-0.2, 0) is 17.6 Å². The van der Waals surface area contributed by atoms with Crippen molar-refractivity contribution in [2.75, 3.05) is 6.54 Å². The summed E-state index contributed by atoms with van der Waals surface area (Å²) in [5, 5.41) is 2.96. The third-order valence-electron chi connectivity index (χ3n) is 3.90. The zero-order chi connectivity index (χ0) is 16.6. The number of carbonyl (C=O) groups excluding carboxylic acids is 1. The highest BCUT2D eigenvalue weighted by molar-refractivity contribution is 5.76. The zero-order valence-corrected chi connectivity index (χ0v) is 13.6. The van der Waals surface area contributed by atoms with Gasteiger partial charge in [0, 0.05) is 24.9 Å². The Morgan fingerprint density at radius 1 is 0.833 bits per heavy atom. The first-order chi connectivity index (χ1) is 11.8. The number of hydrogen-bond donors (Lipinski definition) is 1. The average Bonchev–Trinajstić information content (AvgIpc) is 3.11. The molecule has 3 aromatic rings. The number of rotatable bonds is 7. The molecule has 1 amide bonds. The number of carbonyl (C=O) groups is 1. The SMILES string of the molecule is O=C(CCc1ccc(-c2ccccc2)o1)NCCc1ccccc1. The van der Waals surface area contributed by atoms with Crippen molar-refractivity contribution in [3.8, 4) is 11.3 Å². The van der Waals surface area contributed by atoms with Gasteiger partial charge in [0.25, 0.3) is 0 Å². The van der Waals surface area contributed by atoms with E-state index in [1.54, 1.807) is 0 Å². The summed E-state index contributed by atoms with van der Waals surface area (Å²) in [6.07, 6.45) is 1.91. The van der Waals surface area contributed by atoms with Gasteiger partial charge >= 0.3 is 0 Å². The molecule has 0 atom stereocenters. The second-order valence-corrected chi connectivity index (χ2v) is 5.72. The standard InChI is InChI=1S/C21H21NO2/c23-21(22-16-15-17-7-3-1-4-8-17)14-12-19-11-13-20(24-19)18-9-5-2-6-10-18/h1-11,13H,12,14-16H2,(H,22,23). The molecule has 122 valence electrons. The van der Waals surface area contributed by atoms with E-state index >= 15 is 0 Å². The van der Waals surface area contributed by atoms with Crippen molar-refractivity contribution in [3.63, 3.8) is 0 Å². The van der Waals surface area contributed by atoms with Crippen molar-refractivity contribution in [3.05, 3.63) is 84.1 Å². The molecule has 0 radical (unpaired) electrons. The zero-order valence-electron chi connectivity index (χ0n) is 13.6. The first kappa shape index (κ1) is 16.1. The van der Waals surface area contributed by atoms with Gasteiger partial charge in [-0.05, 0) is 24.1 Å². The smallest absolute Gasteiger partial charge is 0.220 e. The highest BCUT2D eigenvalue weighted by Gasteiger charge is 2.07. The maximum atomic E-state index is 11.9. The molecule has 0 saturated heterocycles. The Balaban J connectivity index is 1.42. The van der Waals surface area contributed by atoms with Crippen LogP contribution < -0.4 is 5.32 Å². The molecule has 2 aromatic carbocycles. The lowest BCUT2D eigenvalue weighted by Crippen LogP contribution is -2.25. The molecule has 24 heavy (non-hydrogen) atoms. The van der Waals surface area contributed by atoms with Gasteiger partial charge in [0.15, 0.2) is 0 Å². The van der Waals surface area contributed by atoms with Gasteiger partial charge in [-0.1, -0.05) is 60.7 Å². The Kier molecular flexibility index (Phi) is 5.46. The third-order valence-corrected chi connectivity index (χ3v) is 3.90. The van der Waals surface area contributed by atoms with Crippen LogP contribution >= 0.6 is 0 Å². The fraction of sp³-hybridized carbons (Fsp3) is 0.190. The lowest BCUT2D eigenvalue weighted by atomic mass is 10.1. The van der Waals surface area contributed by atoms with Crippen molar-refractivity contribution < 1.29 is 9.21 Å². The predicted molar refractivity (Wildman–Crippen MR) is 95.6 cm³/mol. The molecule has 0 fully saturated rings.